The van der Waals surface area contributed by atoms with E-state index in [1.165, 1.54) is 5.56 Å². The van der Waals surface area contributed by atoms with Crippen molar-refractivity contribution >= 4 is 5.91 Å². The summed E-state index contributed by atoms with van der Waals surface area (Å²) < 4.78 is 0. The minimum atomic E-state index is -0.387. The third kappa shape index (κ3) is 2.29. The molecule has 1 amide bonds. The van der Waals surface area contributed by atoms with E-state index < -0.39 is 0 Å². The summed E-state index contributed by atoms with van der Waals surface area (Å²) in [5.41, 5.74) is 13.4. The largest absolute Gasteiger partial charge is 0.366 e. The lowest BCUT2D eigenvalue weighted by molar-refractivity contribution is 0.1000. The van der Waals surface area contributed by atoms with Crippen LogP contribution in [0.3, 0.4) is 0 Å². The van der Waals surface area contributed by atoms with Crippen molar-refractivity contribution in [3.8, 4) is 0 Å². The quantitative estimate of drug-likeness (QED) is 0.711. The first-order chi connectivity index (χ1) is 6.15. The predicted molar refractivity (Wildman–Crippen MR) is 52.5 cm³/mol. The first-order valence-corrected chi connectivity index (χ1v) is 4.24. The Morgan fingerprint density at radius 3 is 2.62 bits per heavy atom. The monoisotopic (exact) mass is 178 g/mol. The van der Waals surface area contributed by atoms with E-state index in [9.17, 15) is 4.79 Å². The summed E-state index contributed by atoms with van der Waals surface area (Å²) in [4.78, 5) is 10.8. The van der Waals surface area contributed by atoms with Crippen molar-refractivity contribution in [3.63, 3.8) is 0 Å². The molecular formula is C10H14N2O. The van der Waals surface area contributed by atoms with Crippen LogP contribution < -0.4 is 11.5 Å². The Morgan fingerprint density at radius 1 is 1.46 bits per heavy atom. The number of nitrogens with two attached hydrogens (primary N) is 2. The summed E-state index contributed by atoms with van der Waals surface area (Å²) in [7, 11) is 0. The predicted octanol–water partition coefficient (Wildman–Crippen LogP) is 0.595. The Labute approximate surface area is 77.7 Å². The molecule has 0 heterocycles. The normalized spacial score (nSPS) is 10.0. The maximum Gasteiger partial charge on any atom is 0.248 e. The zero-order chi connectivity index (χ0) is 9.84. The molecule has 0 fully saturated rings. The van der Waals surface area contributed by atoms with Gasteiger partial charge in [-0.2, -0.15) is 0 Å². The molecular weight excluding hydrogens is 164 g/mol. The van der Waals surface area contributed by atoms with Gasteiger partial charge in [0.05, 0.1) is 0 Å². The SMILES string of the molecule is Cc1cc(C(N)=O)ccc1CCN. The van der Waals surface area contributed by atoms with E-state index in [0.29, 0.717) is 12.1 Å². The van der Waals surface area contributed by atoms with E-state index in [4.69, 9.17) is 11.5 Å². The van der Waals surface area contributed by atoms with Gasteiger partial charge in [-0.3, -0.25) is 4.79 Å². The molecule has 0 atom stereocenters. The van der Waals surface area contributed by atoms with Gasteiger partial charge in [-0.15, -0.1) is 0 Å². The van der Waals surface area contributed by atoms with Gasteiger partial charge in [-0.05, 0) is 43.1 Å². The number of amides is 1. The lowest BCUT2D eigenvalue weighted by Crippen LogP contribution is -2.12. The number of carbonyl (C=O) groups is 1. The maximum absolute atomic E-state index is 10.8. The van der Waals surface area contributed by atoms with Crippen molar-refractivity contribution in [1.29, 1.82) is 0 Å². The highest BCUT2D eigenvalue weighted by Gasteiger charge is 2.02. The summed E-state index contributed by atoms with van der Waals surface area (Å²) in [5, 5.41) is 0. The van der Waals surface area contributed by atoms with Crippen molar-refractivity contribution < 1.29 is 4.79 Å². The van der Waals surface area contributed by atoms with Gasteiger partial charge in [-0.25, -0.2) is 0 Å². The van der Waals surface area contributed by atoms with E-state index in [1.807, 2.05) is 13.0 Å². The average molecular weight is 178 g/mol. The second kappa shape index (κ2) is 4.05. The molecule has 3 nitrogen and oxygen atoms in total. The first kappa shape index (κ1) is 9.74. The van der Waals surface area contributed by atoms with E-state index in [2.05, 4.69) is 0 Å². The van der Waals surface area contributed by atoms with Crippen LogP contribution in [0, 0.1) is 6.92 Å². The smallest absolute Gasteiger partial charge is 0.248 e. The lowest BCUT2D eigenvalue weighted by atomic mass is 10.0. The van der Waals surface area contributed by atoms with Gasteiger partial charge in [0, 0.05) is 5.56 Å². The molecule has 1 aromatic rings. The number of benzene rings is 1. The van der Waals surface area contributed by atoms with E-state index in [1.54, 1.807) is 12.1 Å². The average Bonchev–Trinajstić information content (AvgIpc) is 2.08. The molecule has 1 aromatic carbocycles. The van der Waals surface area contributed by atoms with Crippen LogP contribution in [0.1, 0.15) is 21.5 Å². The Bertz CT molecular complexity index is 321. The van der Waals surface area contributed by atoms with Gasteiger partial charge in [0.2, 0.25) is 5.91 Å². The van der Waals surface area contributed by atoms with Crippen molar-refractivity contribution in [1.82, 2.24) is 0 Å². The van der Waals surface area contributed by atoms with Crippen LogP contribution in [0.25, 0.3) is 0 Å². The molecule has 0 aromatic heterocycles. The summed E-state index contributed by atoms with van der Waals surface area (Å²) >= 11 is 0. The molecule has 0 bridgehead atoms. The molecule has 0 aliphatic heterocycles. The number of hydrogen-bond donors (Lipinski definition) is 2. The fourth-order valence-corrected chi connectivity index (χ4v) is 1.29. The minimum Gasteiger partial charge on any atom is -0.366 e. The Balaban J connectivity index is 2.98. The van der Waals surface area contributed by atoms with Gasteiger partial charge < -0.3 is 11.5 Å². The number of aryl methyl sites for hydroxylation is 1. The molecule has 3 heteroatoms. The molecule has 0 spiro atoms. The zero-order valence-corrected chi connectivity index (χ0v) is 7.71. The van der Waals surface area contributed by atoms with Crippen LogP contribution in [0.15, 0.2) is 18.2 Å². The molecule has 0 saturated heterocycles. The first-order valence-electron chi connectivity index (χ1n) is 4.24. The molecule has 0 saturated carbocycles. The van der Waals surface area contributed by atoms with E-state index >= 15 is 0 Å². The van der Waals surface area contributed by atoms with Crippen LogP contribution in [0.2, 0.25) is 0 Å². The van der Waals surface area contributed by atoms with E-state index in [0.717, 1.165) is 12.0 Å². The molecule has 4 N–H and O–H groups in total. The molecule has 70 valence electrons. The lowest BCUT2D eigenvalue weighted by Gasteiger charge is -2.05. The molecule has 0 aliphatic rings. The van der Waals surface area contributed by atoms with E-state index in [-0.39, 0.29) is 5.91 Å². The van der Waals surface area contributed by atoms with Crippen LogP contribution >= 0.6 is 0 Å². The summed E-state index contributed by atoms with van der Waals surface area (Å²) in [6, 6.07) is 5.44. The Hall–Kier alpha value is -1.35. The third-order valence-electron chi connectivity index (χ3n) is 2.04. The summed E-state index contributed by atoms with van der Waals surface area (Å²) in [5.74, 6) is -0.387. The van der Waals surface area contributed by atoms with Gasteiger partial charge in [0.1, 0.15) is 0 Å². The molecule has 0 radical (unpaired) electrons. The standard InChI is InChI=1S/C10H14N2O/c1-7-6-9(10(12)13)3-2-8(7)4-5-11/h2-3,6H,4-5,11H2,1H3,(H2,12,13). The van der Waals surface area contributed by atoms with Crippen molar-refractivity contribution in [2.75, 3.05) is 6.54 Å². The highest BCUT2D eigenvalue weighted by Crippen LogP contribution is 2.10. The van der Waals surface area contributed by atoms with Gasteiger partial charge in [0.25, 0.3) is 0 Å². The fraction of sp³-hybridized carbons (Fsp3) is 0.300. The molecule has 0 aliphatic carbocycles. The van der Waals surface area contributed by atoms with Gasteiger partial charge in [-0.1, -0.05) is 6.07 Å². The van der Waals surface area contributed by atoms with Crippen LogP contribution in [0.4, 0.5) is 0 Å². The second-order valence-corrected chi connectivity index (χ2v) is 3.04. The highest BCUT2D eigenvalue weighted by molar-refractivity contribution is 5.93. The fourth-order valence-electron chi connectivity index (χ4n) is 1.29. The zero-order valence-electron chi connectivity index (χ0n) is 7.71. The minimum absolute atomic E-state index is 0.387. The van der Waals surface area contributed by atoms with Crippen LogP contribution in [0.5, 0.6) is 0 Å². The molecule has 13 heavy (non-hydrogen) atoms. The second-order valence-electron chi connectivity index (χ2n) is 3.04. The highest BCUT2D eigenvalue weighted by atomic mass is 16.1. The van der Waals surface area contributed by atoms with Crippen molar-refractivity contribution in [2.24, 2.45) is 11.5 Å². The number of rotatable bonds is 3. The maximum atomic E-state index is 10.8. The summed E-state index contributed by atoms with van der Waals surface area (Å²) in [6.07, 6.45) is 0.838. The summed E-state index contributed by atoms with van der Waals surface area (Å²) in [6.45, 7) is 2.58. The van der Waals surface area contributed by atoms with Gasteiger partial charge >= 0.3 is 0 Å². The number of carbonyl (C=O) groups excluding carboxylic acids is 1. The van der Waals surface area contributed by atoms with Crippen LogP contribution in [-0.2, 0) is 6.42 Å². The number of primary amides is 1. The van der Waals surface area contributed by atoms with Crippen molar-refractivity contribution in [3.05, 3.63) is 34.9 Å². The number of hydrogen-bond acceptors (Lipinski definition) is 2. The Morgan fingerprint density at radius 2 is 2.15 bits per heavy atom. The van der Waals surface area contributed by atoms with Crippen molar-refractivity contribution in [2.45, 2.75) is 13.3 Å². The third-order valence-corrected chi connectivity index (χ3v) is 2.04. The van der Waals surface area contributed by atoms with Crippen LogP contribution in [-0.4, -0.2) is 12.5 Å². The molecule has 1 rings (SSSR count). The molecule has 0 unspecified atom stereocenters. The Kier molecular flexibility index (Phi) is 3.03. The topological polar surface area (TPSA) is 69.1 Å². The van der Waals surface area contributed by atoms with Gasteiger partial charge in [0.15, 0.2) is 0 Å².